The largest absolute Gasteiger partial charge is 0.457 e. The van der Waals surface area contributed by atoms with Crippen molar-refractivity contribution in [2.75, 3.05) is 11.9 Å². The second-order valence-corrected chi connectivity index (χ2v) is 5.94. The quantitative estimate of drug-likeness (QED) is 0.533. The fourth-order valence-corrected chi connectivity index (χ4v) is 2.48. The molecule has 154 valence electrons. The number of alkyl halides is 2. The molecule has 6 nitrogen and oxygen atoms in total. The van der Waals surface area contributed by atoms with E-state index in [4.69, 9.17) is 9.47 Å². The summed E-state index contributed by atoms with van der Waals surface area (Å²) in [7, 11) is 0. The van der Waals surface area contributed by atoms with E-state index >= 15 is 0 Å². The molecule has 0 aromatic heterocycles. The summed E-state index contributed by atoms with van der Waals surface area (Å²) in [4.78, 5) is 24.3. The first-order chi connectivity index (χ1) is 14.5. The van der Waals surface area contributed by atoms with Gasteiger partial charge in [-0.15, -0.1) is 0 Å². The molecule has 0 saturated carbocycles. The van der Waals surface area contributed by atoms with E-state index in [1.165, 1.54) is 36.4 Å². The van der Waals surface area contributed by atoms with Gasteiger partial charge < -0.3 is 19.5 Å². The van der Waals surface area contributed by atoms with Crippen molar-refractivity contribution >= 4 is 17.6 Å². The molecule has 1 N–H and O–H groups in total. The van der Waals surface area contributed by atoms with Crippen LogP contribution in [0.5, 0.6) is 17.2 Å². The Labute approximate surface area is 171 Å². The van der Waals surface area contributed by atoms with Gasteiger partial charge in [0.2, 0.25) is 0 Å². The third kappa shape index (κ3) is 6.03. The van der Waals surface area contributed by atoms with Crippen LogP contribution < -0.4 is 14.8 Å². The van der Waals surface area contributed by atoms with Crippen LogP contribution >= 0.6 is 0 Å². The number of carbonyl (C=O) groups is 2. The number of hydrogen-bond donors (Lipinski definition) is 1. The van der Waals surface area contributed by atoms with Gasteiger partial charge in [0.05, 0.1) is 11.3 Å². The van der Waals surface area contributed by atoms with Crippen LogP contribution in [0.2, 0.25) is 0 Å². The molecular formula is C22H17F2NO5. The average molecular weight is 413 g/mol. The number of para-hydroxylation sites is 3. The second-order valence-electron chi connectivity index (χ2n) is 5.94. The van der Waals surface area contributed by atoms with Crippen molar-refractivity contribution in [2.24, 2.45) is 0 Å². The summed E-state index contributed by atoms with van der Waals surface area (Å²) in [6.45, 7) is -3.64. The summed E-state index contributed by atoms with van der Waals surface area (Å²) in [5.74, 6) is -0.602. The number of nitrogens with one attached hydrogen (secondary N) is 1. The SMILES string of the molecule is O=C(COC(=O)c1cccc(Oc2ccccc2)c1)Nc1ccccc1OC(F)F. The van der Waals surface area contributed by atoms with Gasteiger partial charge in [-0.05, 0) is 42.5 Å². The average Bonchev–Trinajstić information content (AvgIpc) is 2.74. The number of carbonyl (C=O) groups excluding carboxylic acids is 2. The molecule has 0 aliphatic heterocycles. The third-order valence-corrected chi connectivity index (χ3v) is 3.76. The Kier molecular flexibility index (Phi) is 6.94. The zero-order chi connectivity index (χ0) is 21.3. The van der Waals surface area contributed by atoms with Crippen molar-refractivity contribution in [3.63, 3.8) is 0 Å². The topological polar surface area (TPSA) is 73.9 Å². The van der Waals surface area contributed by atoms with Crippen molar-refractivity contribution in [1.29, 1.82) is 0 Å². The van der Waals surface area contributed by atoms with Gasteiger partial charge in [-0.2, -0.15) is 8.78 Å². The summed E-state index contributed by atoms with van der Waals surface area (Å²) < 4.78 is 39.9. The van der Waals surface area contributed by atoms with Crippen LogP contribution in [0.15, 0.2) is 78.9 Å². The molecule has 0 saturated heterocycles. The van der Waals surface area contributed by atoms with Crippen molar-refractivity contribution < 1.29 is 32.6 Å². The molecule has 0 heterocycles. The molecule has 30 heavy (non-hydrogen) atoms. The predicted molar refractivity (Wildman–Crippen MR) is 105 cm³/mol. The van der Waals surface area contributed by atoms with Crippen LogP contribution in [0.4, 0.5) is 14.5 Å². The maximum atomic E-state index is 12.4. The molecule has 0 aliphatic carbocycles. The summed E-state index contributed by atoms with van der Waals surface area (Å²) in [5, 5.41) is 2.37. The van der Waals surface area contributed by atoms with Gasteiger partial charge in [-0.25, -0.2) is 4.79 Å². The molecule has 0 radical (unpaired) electrons. The molecule has 8 heteroatoms. The molecule has 0 spiro atoms. The first kappa shape index (κ1) is 20.8. The number of benzene rings is 3. The van der Waals surface area contributed by atoms with Crippen LogP contribution in [-0.2, 0) is 9.53 Å². The lowest BCUT2D eigenvalue weighted by Crippen LogP contribution is -2.21. The van der Waals surface area contributed by atoms with Gasteiger partial charge in [-0.1, -0.05) is 36.4 Å². The van der Waals surface area contributed by atoms with Crippen LogP contribution in [0.3, 0.4) is 0 Å². The molecule has 3 rings (SSSR count). The molecule has 3 aromatic rings. The number of hydrogen-bond acceptors (Lipinski definition) is 5. The number of halogens is 2. The number of esters is 1. The fraction of sp³-hybridized carbons (Fsp3) is 0.0909. The highest BCUT2D eigenvalue weighted by atomic mass is 19.3. The zero-order valence-corrected chi connectivity index (χ0v) is 15.6. The van der Waals surface area contributed by atoms with Gasteiger partial charge in [0.15, 0.2) is 6.61 Å². The van der Waals surface area contributed by atoms with E-state index in [9.17, 15) is 18.4 Å². The summed E-state index contributed by atoms with van der Waals surface area (Å²) in [6.07, 6.45) is 0. The van der Waals surface area contributed by atoms with E-state index in [-0.39, 0.29) is 17.0 Å². The van der Waals surface area contributed by atoms with Gasteiger partial charge in [0, 0.05) is 0 Å². The Balaban J connectivity index is 1.57. The minimum atomic E-state index is -3.04. The second kappa shape index (κ2) is 10.0. The van der Waals surface area contributed by atoms with E-state index in [1.54, 1.807) is 24.3 Å². The fourth-order valence-electron chi connectivity index (χ4n) is 2.48. The lowest BCUT2D eigenvalue weighted by Gasteiger charge is -2.12. The Bertz CT molecular complexity index is 1010. The molecule has 0 fully saturated rings. The lowest BCUT2D eigenvalue weighted by molar-refractivity contribution is -0.119. The standard InChI is InChI=1S/C22H17F2NO5/c23-22(24)30-19-12-5-4-11-18(19)25-20(26)14-28-21(27)15-7-6-10-17(13-15)29-16-8-2-1-3-9-16/h1-13,22H,14H2,(H,25,26). The molecule has 0 unspecified atom stereocenters. The predicted octanol–water partition coefficient (Wildman–Crippen LogP) is 4.88. The third-order valence-electron chi connectivity index (χ3n) is 3.76. The van der Waals surface area contributed by atoms with Crippen molar-refractivity contribution in [3.8, 4) is 17.2 Å². The maximum absolute atomic E-state index is 12.4. The Hall–Kier alpha value is -3.94. The number of ether oxygens (including phenoxy) is 3. The van der Waals surface area contributed by atoms with Crippen molar-refractivity contribution in [1.82, 2.24) is 0 Å². The normalized spacial score (nSPS) is 10.4. The minimum absolute atomic E-state index is 0.0390. The Morgan fingerprint density at radius 1 is 0.867 bits per heavy atom. The number of amides is 1. The van der Waals surface area contributed by atoms with E-state index in [1.807, 2.05) is 18.2 Å². The van der Waals surface area contributed by atoms with Gasteiger partial charge in [-0.3, -0.25) is 4.79 Å². The molecular weight excluding hydrogens is 396 g/mol. The highest BCUT2D eigenvalue weighted by Crippen LogP contribution is 2.25. The van der Waals surface area contributed by atoms with E-state index in [0.29, 0.717) is 11.5 Å². The van der Waals surface area contributed by atoms with E-state index < -0.39 is 25.1 Å². The Morgan fingerprint density at radius 2 is 1.57 bits per heavy atom. The smallest absolute Gasteiger partial charge is 0.387 e. The highest BCUT2D eigenvalue weighted by Gasteiger charge is 2.14. The first-order valence-corrected chi connectivity index (χ1v) is 8.85. The summed E-state index contributed by atoms with van der Waals surface area (Å²) >= 11 is 0. The molecule has 1 amide bonds. The van der Waals surface area contributed by atoms with E-state index in [2.05, 4.69) is 10.1 Å². The van der Waals surface area contributed by atoms with Gasteiger partial charge >= 0.3 is 12.6 Å². The van der Waals surface area contributed by atoms with E-state index in [0.717, 1.165) is 0 Å². The van der Waals surface area contributed by atoms with Crippen LogP contribution in [-0.4, -0.2) is 25.1 Å². The first-order valence-electron chi connectivity index (χ1n) is 8.85. The summed E-state index contributed by atoms with van der Waals surface area (Å²) in [5.41, 5.74) is 0.231. The van der Waals surface area contributed by atoms with Crippen LogP contribution in [0, 0.1) is 0 Å². The molecule has 0 bridgehead atoms. The number of anilines is 1. The van der Waals surface area contributed by atoms with Crippen molar-refractivity contribution in [3.05, 3.63) is 84.4 Å². The number of rotatable bonds is 8. The monoisotopic (exact) mass is 413 g/mol. The molecule has 0 atom stereocenters. The minimum Gasteiger partial charge on any atom is -0.457 e. The van der Waals surface area contributed by atoms with Crippen molar-refractivity contribution in [2.45, 2.75) is 6.61 Å². The highest BCUT2D eigenvalue weighted by molar-refractivity contribution is 5.96. The van der Waals surface area contributed by atoms with Gasteiger partial charge in [0.25, 0.3) is 5.91 Å². The maximum Gasteiger partial charge on any atom is 0.387 e. The van der Waals surface area contributed by atoms with Crippen LogP contribution in [0.25, 0.3) is 0 Å². The molecule has 3 aromatic carbocycles. The summed E-state index contributed by atoms with van der Waals surface area (Å²) in [6, 6.07) is 21.0. The molecule has 0 aliphatic rings. The van der Waals surface area contributed by atoms with Crippen LogP contribution in [0.1, 0.15) is 10.4 Å². The zero-order valence-electron chi connectivity index (χ0n) is 15.6. The van der Waals surface area contributed by atoms with Gasteiger partial charge in [0.1, 0.15) is 17.2 Å². The Morgan fingerprint density at radius 3 is 2.33 bits per heavy atom. The lowest BCUT2D eigenvalue weighted by atomic mass is 10.2.